The number of ether oxygens (including phenoxy) is 1. The Balaban J connectivity index is 1.90. The van der Waals surface area contributed by atoms with E-state index in [9.17, 15) is 0 Å². The van der Waals surface area contributed by atoms with Gasteiger partial charge in [-0.3, -0.25) is 0 Å². The van der Waals surface area contributed by atoms with Crippen molar-refractivity contribution in [3.8, 4) is 0 Å². The quantitative estimate of drug-likeness (QED) is 0.881. The number of nitrogens with zero attached hydrogens (tertiary/aromatic N) is 2. The number of hydrogen-bond donors (Lipinski definition) is 1. The van der Waals surface area contributed by atoms with Crippen molar-refractivity contribution < 1.29 is 4.74 Å². The largest absolute Gasteiger partial charge is 0.376 e. The molecule has 1 aromatic heterocycles. The van der Waals surface area contributed by atoms with E-state index >= 15 is 0 Å². The fourth-order valence-corrected chi connectivity index (χ4v) is 2.44. The highest BCUT2D eigenvalue weighted by molar-refractivity contribution is 7.15. The van der Waals surface area contributed by atoms with Crippen LogP contribution >= 0.6 is 11.3 Å². The van der Waals surface area contributed by atoms with Gasteiger partial charge in [0.05, 0.1) is 13.2 Å². The van der Waals surface area contributed by atoms with Gasteiger partial charge in [0.1, 0.15) is 5.01 Å². The first-order chi connectivity index (χ1) is 9.12. The predicted molar refractivity (Wildman–Crippen MR) is 78.6 cm³/mol. The zero-order chi connectivity index (χ0) is 13.7. The summed E-state index contributed by atoms with van der Waals surface area (Å²) in [6.45, 7) is 5.50. The van der Waals surface area contributed by atoms with Crippen LogP contribution in [0.5, 0.6) is 0 Å². The van der Waals surface area contributed by atoms with Crippen LogP contribution in [0.15, 0.2) is 30.3 Å². The summed E-state index contributed by atoms with van der Waals surface area (Å²) in [5.74, 6) is 0. The molecule has 0 atom stereocenters. The molecule has 102 valence electrons. The monoisotopic (exact) mass is 277 g/mol. The van der Waals surface area contributed by atoms with Gasteiger partial charge in [-0.1, -0.05) is 55.5 Å². The predicted octanol–water partition coefficient (Wildman–Crippen LogP) is 3.07. The molecule has 1 heterocycles. The molecule has 4 nitrogen and oxygen atoms in total. The Morgan fingerprint density at radius 2 is 1.95 bits per heavy atom. The molecule has 0 aliphatic heterocycles. The molecule has 0 spiro atoms. The maximum Gasteiger partial charge on any atom is 0.205 e. The maximum absolute atomic E-state index is 5.80. The second-order valence-corrected chi connectivity index (χ2v) is 6.00. The highest BCUT2D eigenvalue weighted by Gasteiger charge is 2.25. The van der Waals surface area contributed by atoms with Gasteiger partial charge in [0.25, 0.3) is 0 Å². The molecule has 2 aromatic rings. The van der Waals surface area contributed by atoms with Crippen LogP contribution in [0, 0.1) is 0 Å². The van der Waals surface area contributed by atoms with Gasteiger partial charge in [0, 0.05) is 12.5 Å². The molecule has 2 rings (SSSR count). The Morgan fingerprint density at radius 3 is 2.58 bits per heavy atom. The Labute approximate surface area is 117 Å². The highest BCUT2D eigenvalue weighted by atomic mass is 32.1. The Bertz CT molecular complexity index is 510. The van der Waals surface area contributed by atoms with Gasteiger partial charge in [-0.2, -0.15) is 0 Å². The lowest BCUT2D eigenvalue weighted by molar-refractivity contribution is 0.0822. The highest BCUT2D eigenvalue weighted by Crippen LogP contribution is 2.28. The summed E-state index contributed by atoms with van der Waals surface area (Å²) in [7, 11) is 1.85. The molecule has 0 fully saturated rings. The summed E-state index contributed by atoms with van der Waals surface area (Å²) < 4.78 is 5.80. The zero-order valence-electron chi connectivity index (χ0n) is 11.5. The maximum atomic E-state index is 5.80. The summed E-state index contributed by atoms with van der Waals surface area (Å²) >= 11 is 1.57. The number of aromatic nitrogens is 2. The Kier molecular flexibility index (Phi) is 4.50. The van der Waals surface area contributed by atoms with Crippen LogP contribution in [0.1, 0.15) is 24.4 Å². The SMILES string of the molecule is CNc1nnc(C(C)(C)COCc2ccccc2)s1. The van der Waals surface area contributed by atoms with E-state index < -0.39 is 0 Å². The molecular weight excluding hydrogens is 258 g/mol. The van der Waals surface area contributed by atoms with Crippen LogP contribution in [0.4, 0.5) is 5.13 Å². The molecule has 1 N–H and O–H groups in total. The molecular formula is C14H19N3OS. The van der Waals surface area contributed by atoms with E-state index in [4.69, 9.17) is 4.74 Å². The van der Waals surface area contributed by atoms with E-state index in [-0.39, 0.29) is 5.41 Å². The molecule has 0 amide bonds. The van der Waals surface area contributed by atoms with E-state index in [0.717, 1.165) is 10.1 Å². The molecule has 0 unspecified atom stereocenters. The summed E-state index contributed by atoms with van der Waals surface area (Å²) in [4.78, 5) is 0. The molecule has 0 aliphatic rings. The smallest absolute Gasteiger partial charge is 0.205 e. The topological polar surface area (TPSA) is 47.0 Å². The van der Waals surface area contributed by atoms with Crippen molar-refractivity contribution in [2.45, 2.75) is 25.9 Å². The van der Waals surface area contributed by atoms with Crippen molar-refractivity contribution in [3.63, 3.8) is 0 Å². The minimum Gasteiger partial charge on any atom is -0.376 e. The lowest BCUT2D eigenvalue weighted by atomic mass is 9.96. The number of benzene rings is 1. The first-order valence-electron chi connectivity index (χ1n) is 6.25. The first kappa shape index (κ1) is 14.0. The number of hydrogen-bond acceptors (Lipinski definition) is 5. The lowest BCUT2D eigenvalue weighted by Crippen LogP contribution is -2.24. The minimum atomic E-state index is -0.123. The van der Waals surface area contributed by atoms with Gasteiger partial charge in [0.2, 0.25) is 5.13 Å². The van der Waals surface area contributed by atoms with Crippen molar-refractivity contribution in [1.29, 1.82) is 0 Å². The van der Waals surface area contributed by atoms with Crippen LogP contribution in [0.3, 0.4) is 0 Å². The lowest BCUT2D eigenvalue weighted by Gasteiger charge is -2.21. The fourth-order valence-electron chi connectivity index (χ4n) is 1.66. The zero-order valence-corrected chi connectivity index (χ0v) is 12.3. The van der Waals surface area contributed by atoms with Crippen molar-refractivity contribution in [2.24, 2.45) is 0 Å². The standard InChI is InChI=1S/C14H19N3OS/c1-14(2,12-16-17-13(15-3)19-12)10-18-9-11-7-5-4-6-8-11/h4-8H,9-10H2,1-3H3,(H,15,17). The van der Waals surface area contributed by atoms with Gasteiger partial charge in [-0.05, 0) is 5.56 Å². The van der Waals surface area contributed by atoms with E-state index in [0.29, 0.717) is 13.2 Å². The Hall–Kier alpha value is -1.46. The molecule has 0 radical (unpaired) electrons. The van der Waals surface area contributed by atoms with Crippen LogP contribution in [0.2, 0.25) is 0 Å². The molecule has 0 saturated heterocycles. The van der Waals surface area contributed by atoms with Crippen molar-refractivity contribution in [3.05, 3.63) is 40.9 Å². The fraction of sp³-hybridized carbons (Fsp3) is 0.429. The Morgan fingerprint density at radius 1 is 1.21 bits per heavy atom. The van der Waals surface area contributed by atoms with Gasteiger partial charge in [-0.15, -0.1) is 10.2 Å². The van der Waals surface area contributed by atoms with Crippen LogP contribution in [-0.4, -0.2) is 23.9 Å². The second kappa shape index (κ2) is 6.12. The van der Waals surface area contributed by atoms with Crippen molar-refractivity contribution in [1.82, 2.24) is 10.2 Å². The molecule has 19 heavy (non-hydrogen) atoms. The van der Waals surface area contributed by atoms with E-state index in [1.807, 2.05) is 25.2 Å². The van der Waals surface area contributed by atoms with E-state index in [1.165, 1.54) is 5.56 Å². The van der Waals surface area contributed by atoms with Gasteiger partial charge < -0.3 is 10.1 Å². The summed E-state index contributed by atoms with van der Waals surface area (Å²) in [5, 5.41) is 13.1. The average molecular weight is 277 g/mol. The third-order valence-electron chi connectivity index (χ3n) is 2.79. The molecule has 0 bridgehead atoms. The van der Waals surface area contributed by atoms with Crippen LogP contribution < -0.4 is 5.32 Å². The number of rotatable bonds is 6. The second-order valence-electron chi connectivity index (χ2n) is 5.02. The summed E-state index contributed by atoms with van der Waals surface area (Å²) in [6, 6.07) is 10.2. The molecule has 5 heteroatoms. The molecule has 0 saturated carbocycles. The number of nitrogens with one attached hydrogen (secondary N) is 1. The summed E-state index contributed by atoms with van der Waals surface area (Å²) in [6.07, 6.45) is 0. The van der Waals surface area contributed by atoms with Gasteiger partial charge in [-0.25, -0.2) is 0 Å². The first-order valence-corrected chi connectivity index (χ1v) is 7.07. The molecule has 0 aliphatic carbocycles. The van der Waals surface area contributed by atoms with E-state index in [1.54, 1.807) is 11.3 Å². The normalized spacial score (nSPS) is 11.5. The van der Waals surface area contributed by atoms with Crippen molar-refractivity contribution in [2.75, 3.05) is 19.0 Å². The van der Waals surface area contributed by atoms with Crippen molar-refractivity contribution >= 4 is 16.5 Å². The third-order valence-corrected chi connectivity index (χ3v) is 4.10. The van der Waals surface area contributed by atoms with Gasteiger partial charge >= 0.3 is 0 Å². The average Bonchev–Trinajstić information content (AvgIpc) is 2.89. The van der Waals surface area contributed by atoms with Gasteiger partial charge in [0.15, 0.2) is 0 Å². The molecule has 1 aromatic carbocycles. The number of anilines is 1. The minimum absolute atomic E-state index is 0.123. The van der Waals surface area contributed by atoms with Crippen LogP contribution in [0.25, 0.3) is 0 Å². The summed E-state index contributed by atoms with van der Waals surface area (Å²) in [5.41, 5.74) is 1.06. The van der Waals surface area contributed by atoms with Crippen LogP contribution in [-0.2, 0) is 16.8 Å². The third kappa shape index (κ3) is 3.75. The van der Waals surface area contributed by atoms with E-state index in [2.05, 4.69) is 41.5 Å².